The Labute approximate surface area is 168 Å². The Bertz CT molecular complexity index is 794. The minimum Gasteiger partial charge on any atom is -0.320 e. The summed E-state index contributed by atoms with van der Waals surface area (Å²) in [7, 11) is 2.05. The van der Waals surface area contributed by atoms with Crippen molar-refractivity contribution in [3.8, 4) is 0 Å². The molecule has 0 saturated carbocycles. The van der Waals surface area contributed by atoms with Crippen molar-refractivity contribution >= 4 is 0 Å². The summed E-state index contributed by atoms with van der Waals surface area (Å²) in [6.45, 7) is 3.46. The SMILES string of the molecule is Cn1cnnc1C1CCN(CC(Cc2ccccc2)Cc2ccccc2)CC1. The summed E-state index contributed by atoms with van der Waals surface area (Å²) in [4.78, 5) is 2.66. The highest BCUT2D eigenvalue weighted by Crippen LogP contribution is 2.27. The normalized spacial score (nSPS) is 15.9. The van der Waals surface area contributed by atoms with Crippen molar-refractivity contribution in [1.82, 2.24) is 19.7 Å². The topological polar surface area (TPSA) is 34.0 Å². The first kappa shape index (κ1) is 18.9. The third-order valence-corrected chi connectivity index (χ3v) is 5.95. The van der Waals surface area contributed by atoms with Gasteiger partial charge >= 0.3 is 0 Å². The summed E-state index contributed by atoms with van der Waals surface area (Å²) in [5.74, 6) is 2.33. The van der Waals surface area contributed by atoms with Crippen LogP contribution in [0.3, 0.4) is 0 Å². The third kappa shape index (κ3) is 4.87. The van der Waals surface area contributed by atoms with Crippen molar-refractivity contribution in [3.63, 3.8) is 0 Å². The maximum atomic E-state index is 4.33. The number of hydrogen-bond acceptors (Lipinski definition) is 3. The number of likely N-dealkylation sites (tertiary alicyclic amines) is 1. The predicted octanol–water partition coefficient (Wildman–Crippen LogP) is 4.10. The van der Waals surface area contributed by atoms with E-state index in [0.717, 1.165) is 38.3 Å². The molecule has 0 radical (unpaired) electrons. The van der Waals surface area contributed by atoms with E-state index in [1.807, 2.05) is 6.33 Å². The van der Waals surface area contributed by atoms with E-state index in [1.165, 1.54) is 24.0 Å². The predicted molar refractivity (Wildman–Crippen MR) is 113 cm³/mol. The summed E-state index contributed by atoms with van der Waals surface area (Å²) >= 11 is 0. The molecule has 4 heteroatoms. The zero-order valence-corrected chi connectivity index (χ0v) is 16.7. The van der Waals surface area contributed by atoms with E-state index in [9.17, 15) is 0 Å². The van der Waals surface area contributed by atoms with Gasteiger partial charge in [0.2, 0.25) is 0 Å². The molecule has 0 amide bonds. The van der Waals surface area contributed by atoms with Crippen molar-refractivity contribution in [2.75, 3.05) is 19.6 Å². The standard InChI is InChI=1S/C24H30N4/c1-27-19-25-26-24(27)23-12-14-28(15-13-23)18-22(16-20-8-4-2-5-9-20)17-21-10-6-3-7-11-21/h2-11,19,22-23H,12-18H2,1H3. The van der Waals surface area contributed by atoms with Gasteiger partial charge in [-0.15, -0.1) is 10.2 Å². The first-order valence-electron chi connectivity index (χ1n) is 10.4. The van der Waals surface area contributed by atoms with Crippen LogP contribution in [-0.2, 0) is 19.9 Å². The average Bonchev–Trinajstić information content (AvgIpc) is 3.16. The van der Waals surface area contributed by atoms with Crippen LogP contribution in [0.5, 0.6) is 0 Å². The lowest BCUT2D eigenvalue weighted by molar-refractivity contribution is 0.178. The maximum absolute atomic E-state index is 4.33. The molecule has 3 aromatic rings. The fraction of sp³-hybridized carbons (Fsp3) is 0.417. The quantitative estimate of drug-likeness (QED) is 0.624. The van der Waals surface area contributed by atoms with E-state index in [2.05, 4.69) is 87.4 Å². The molecule has 2 aromatic carbocycles. The lowest BCUT2D eigenvalue weighted by Gasteiger charge is -2.34. The number of aryl methyl sites for hydroxylation is 1. The van der Waals surface area contributed by atoms with E-state index < -0.39 is 0 Å². The molecule has 4 rings (SSSR count). The Morgan fingerprint density at radius 2 is 1.46 bits per heavy atom. The smallest absolute Gasteiger partial charge is 0.135 e. The molecule has 2 heterocycles. The van der Waals surface area contributed by atoms with E-state index >= 15 is 0 Å². The molecule has 1 saturated heterocycles. The van der Waals surface area contributed by atoms with Gasteiger partial charge in [0.15, 0.2) is 0 Å². The van der Waals surface area contributed by atoms with Crippen LogP contribution in [0.4, 0.5) is 0 Å². The van der Waals surface area contributed by atoms with Gasteiger partial charge in [-0.05, 0) is 55.8 Å². The number of rotatable bonds is 7. The van der Waals surface area contributed by atoms with Gasteiger partial charge in [0.1, 0.15) is 12.2 Å². The molecule has 1 fully saturated rings. The average molecular weight is 375 g/mol. The zero-order chi connectivity index (χ0) is 19.2. The lowest BCUT2D eigenvalue weighted by atomic mass is 9.90. The molecule has 4 nitrogen and oxygen atoms in total. The Morgan fingerprint density at radius 1 is 0.893 bits per heavy atom. The largest absolute Gasteiger partial charge is 0.320 e. The molecule has 0 atom stereocenters. The van der Waals surface area contributed by atoms with E-state index in [0.29, 0.717) is 11.8 Å². The van der Waals surface area contributed by atoms with Crippen LogP contribution in [0, 0.1) is 5.92 Å². The number of benzene rings is 2. The van der Waals surface area contributed by atoms with Crippen LogP contribution in [0.2, 0.25) is 0 Å². The number of piperidine rings is 1. The van der Waals surface area contributed by atoms with Gasteiger partial charge in [-0.2, -0.15) is 0 Å². The van der Waals surface area contributed by atoms with Gasteiger partial charge in [0.05, 0.1) is 0 Å². The number of nitrogens with zero attached hydrogens (tertiary/aromatic N) is 4. The summed E-state index contributed by atoms with van der Waals surface area (Å²) in [5, 5.41) is 8.39. The van der Waals surface area contributed by atoms with E-state index in [1.54, 1.807) is 0 Å². The Morgan fingerprint density at radius 3 is 1.96 bits per heavy atom. The molecule has 0 bridgehead atoms. The molecular formula is C24H30N4. The minimum atomic E-state index is 0.547. The molecule has 0 unspecified atom stereocenters. The van der Waals surface area contributed by atoms with Crippen molar-refractivity contribution < 1.29 is 0 Å². The van der Waals surface area contributed by atoms with Crippen molar-refractivity contribution in [2.24, 2.45) is 13.0 Å². The second-order valence-corrected chi connectivity index (χ2v) is 8.12. The van der Waals surface area contributed by atoms with Gasteiger partial charge in [-0.25, -0.2) is 0 Å². The Kier molecular flexibility index (Phi) is 6.17. The Balaban J connectivity index is 1.39. The minimum absolute atomic E-state index is 0.547. The van der Waals surface area contributed by atoms with E-state index in [-0.39, 0.29) is 0 Å². The summed E-state index contributed by atoms with van der Waals surface area (Å²) in [5.41, 5.74) is 2.88. The Hall–Kier alpha value is -2.46. The van der Waals surface area contributed by atoms with Crippen molar-refractivity contribution in [3.05, 3.63) is 83.9 Å². The third-order valence-electron chi connectivity index (χ3n) is 5.95. The zero-order valence-electron chi connectivity index (χ0n) is 16.7. The molecule has 0 spiro atoms. The summed E-state index contributed by atoms with van der Waals surface area (Å²) in [6.07, 6.45) is 6.45. The van der Waals surface area contributed by atoms with Crippen LogP contribution in [0.1, 0.15) is 35.7 Å². The van der Waals surface area contributed by atoms with Crippen molar-refractivity contribution in [1.29, 1.82) is 0 Å². The number of hydrogen-bond donors (Lipinski definition) is 0. The highest BCUT2D eigenvalue weighted by atomic mass is 15.3. The summed E-state index contributed by atoms with van der Waals surface area (Å²) in [6, 6.07) is 21.9. The van der Waals surface area contributed by atoms with Gasteiger partial charge < -0.3 is 9.47 Å². The second kappa shape index (κ2) is 9.16. The fourth-order valence-electron chi connectivity index (χ4n) is 4.50. The van der Waals surface area contributed by atoms with E-state index in [4.69, 9.17) is 0 Å². The summed E-state index contributed by atoms with van der Waals surface area (Å²) < 4.78 is 2.08. The van der Waals surface area contributed by atoms with Crippen molar-refractivity contribution in [2.45, 2.75) is 31.6 Å². The molecule has 28 heavy (non-hydrogen) atoms. The molecule has 1 aromatic heterocycles. The first-order valence-corrected chi connectivity index (χ1v) is 10.4. The highest BCUT2D eigenvalue weighted by molar-refractivity contribution is 5.18. The highest BCUT2D eigenvalue weighted by Gasteiger charge is 2.25. The lowest BCUT2D eigenvalue weighted by Crippen LogP contribution is -2.38. The molecular weight excluding hydrogens is 344 g/mol. The van der Waals surface area contributed by atoms with Gasteiger partial charge in [-0.3, -0.25) is 0 Å². The fourth-order valence-corrected chi connectivity index (χ4v) is 4.50. The molecule has 1 aliphatic rings. The van der Waals surface area contributed by atoms with Gasteiger partial charge in [0.25, 0.3) is 0 Å². The first-order chi connectivity index (χ1) is 13.8. The van der Waals surface area contributed by atoms with Gasteiger partial charge in [-0.1, -0.05) is 60.7 Å². The molecule has 0 aliphatic carbocycles. The molecule has 146 valence electrons. The second-order valence-electron chi connectivity index (χ2n) is 8.12. The monoisotopic (exact) mass is 374 g/mol. The van der Waals surface area contributed by atoms with Crippen LogP contribution >= 0.6 is 0 Å². The van der Waals surface area contributed by atoms with Crippen LogP contribution in [-0.4, -0.2) is 39.3 Å². The van der Waals surface area contributed by atoms with Crippen LogP contribution < -0.4 is 0 Å². The van der Waals surface area contributed by atoms with Crippen LogP contribution in [0.15, 0.2) is 67.0 Å². The maximum Gasteiger partial charge on any atom is 0.135 e. The van der Waals surface area contributed by atoms with Gasteiger partial charge in [0, 0.05) is 19.5 Å². The molecule has 1 aliphatic heterocycles. The van der Waals surface area contributed by atoms with Crippen LogP contribution in [0.25, 0.3) is 0 Å². The molecule has 0 N–H and O–H groups in total. The number of aromatic nitrogens is 3.